The van der Waals surface area contributed by atoms with Gasteiger partial charge in [-0.1, -0.05) is 189 Å². The molecule has 0 fully saturated rings. The number of fused-ring (bicyclic) bond motifs is 7. The zero-order valence-corrected chi connectivity index (χ0v) is 28.1. The van der Waals surface area contributed by atoms with Crippen molar-refractivity contribution in [3.8, 4) is 0 Å². The lowest BCUT2D eigenvalue weighted by atomic mass is 9.92. The molecule has 0 aromatic heterocycles. The van der Waals surface area contributed by atoms with E-state index >= 15 is 0 Å². The van der Waals surface area contributed by atoms with E-state index in [1.165, 1.54) is 183 Å². The summed E-state index contributed by atoms with van der Waals surface area (Å²) in [6.45, 7) is 4.59. The Hall–Kier alpha value is -2.86. The maximum Gasteiger partial charge on any atom is -0.00987 e. The van der Waals surface area contributed by atoms with Gasteiger partial charge in [0.1, 0.15) is 0 Å². The third-order valence-electron chi connectivity index (χ3n) is 10.1. The molecule has 0 bridgehead atoms. The Morgan fingerprint density at radius 1 is 0.295 bits per heavy atom. The first-order valence-corrected chi connectivity index (χ1v) is 18.6. The van der Waals surface area contributed by atoms with Crippen LogP contribution in [0.25, 0.3) is 43.1 Å². The summed E-state index contributed by atoms with van der Waals surface area (Å²) in [5, 5.41) is 11.1. The van der Waals surface area contributed by atoms with Crippen LogP contribution in [0.4, 0.5) is 0 Å². The second kappa shape index (κ2) is 17.6. The van der Waals surface area contributed by atoms with Crippen LogP contribution in [0.1, 0.15) is 141 Å². The second-order valence-electron chi connectivity index (χ2n) is 13.7. The van der Waals surface area contributed by atoms with Gasteiger partial charge in [-0.2, -0.15) is 0 Å². The molecule has 0 nitrogen and oxygen atoms in total. The molecule has 5 rings (SSSR count). The van der Waals surface area contributed by atoms with Crippen LogP contribution >= 0.6 is 0 Å². The van der Waals surface area contributed by atoms with E-state index in [0.29, 0.717) is 0 Å². The molecule has 0 saturated carbocycles. The summed E-state index contributed by atoms with van der Waals surface area (Å²) >= 11 is 0. The van der Waals surface area contributed by atoms with E-state index in [-0.39, 0.29) is 0 Å². The van der Waals surface area contributed by atoms with E-state index in [0.717, 1.165) is 0 Å². The van der Waals surface area contributed by atoms with Crippen LogP contribution < -0.4 is 0 Å². The number of rotatable bonds is 20. The van der Waals surface area contributed by atoms with Gasteiger partial charge in [0.05, 0.1) is 0 Å². The van der Waals surface area contributed by atoms with E-state index in [2.05, 4.69) is 86.6 Å². The van der Waals surface area contributed by atoms with Crippen molar-refractivity contribution < 1.29 is 0 Å². The molecule has 0 N–H and O–H groups in total. The Labute approximate surface area is 268 Å². The third kappa shape index (κ3) is 8.87. The average Bonchev–Trinajstić information content (AvgIpc) is 3.06. The lowest BCUT2D eigenvalue weighted by molar-refractivity contribution is 0.565. The van der Waals surface area contributed by atoms with Gasteiger partial charge in [-0.15, -0.1) is 0 Å². The predicted molar refractivity (Wildman–Crippen MR) is 198 cm³/mol. The molecule has 5 aromatic carbocycles. The minimum Gasteiger partial charge on any atom is -0.0654 e. The summed E-state index contributed by atoms with van der Waals surface area (Å²) in [5.74, 6) is 0. The maximum atomic E-state index is 2.44. The quantitative estimate of drug-likeness (QED) is 0.0628. The van der Waals surface area contributed by atoms with Gasteiger partial charge in [0, 0.05) is 0 Å². The van der Waals surface area contributed by atoms with Crippen LogP contribution in [0.5, 0.6) is 0 Å². The fourth-order valence-corrected chi connectivity index (χ4v) is 7.39. The van der Waals surface area contributed by atoms with Gasteiger partial charge in [0.2, 0.25) is 0 Å². The van der Waals surface area contributed by atoms with Gasteiger partial charge in [0.15, 0.2) is 0 Å². The van der Waals surface area contributed by atoms with Crippen LogP contribution in [0.15, 0.2) is 72.8 Å². The number of hydrogen-bond acceptors (Lipinski definition) is 0. The van der Waals surface area contributed by atoms with Gasteiger partial charge in [0.25, 0.3) is 0 Å². The number of aryl methyl sites for hydroxylation is 2. The van der Waals surface area contributed by atoms with Crippen LogP contribution in [0.2, 0.25) is 0 Å². The molecule has 0 heterocycles. The first kappa shape index (κ1) is 32.5. The fraction of sp³-hybridized carbons (Fsp3) is 0.500. The summed E-state index contributed by atoms with van der Waals surface area (Å²) in [4.78, 5) is 0. The van der Waals surface area contributed by atoms with Crippen molar-refractivity contribution >= 4 is 43.1 Å². The highest BCUT2D eigenvalue weighted by Crippen LogP contribution is 2.35. The molecule has 0 aliphatic carbocycles. The van der Waals surface area contributed by atoms with Crippen molar-refractivity contribution in [2.75, 3.05) is 0 Å². The Balaban J connectivity index is 1.19. The predicted octanol–water partition coefficient (Wildman–Crippen LogP) is 14.4. The number of benzene rings is 5. The van der Waals surface area contributed by atoms with E-state index in [9.17, 15) is 0 Å². The molecule has 0 heteroatoms. The monoisotopic (exact) mass is 586 g/mol. The summed E-state index contributed by atoms with van der Waals surface area (Å²) in [5.41, 5.74) is 2.98. The molecule has 0 aliphatic heterocycles. The Morgan fingerprint density at radius 2 is 0.591 bits per heavy atom. The van der Waals surface area contributed by atoms with Crippen LogP contribution in [-0.4, -0.2) is 0 Å². The summed E-state index contributed by atoms with van der Waals surface area (Å²) in [7, 11) is 0. The molecule has 0 saturated heterocycles. The topological polar surface area (TPSA) is 0 Å². The molecule has 234 valence electrons. The van der Waals surface area contributed by atoms with Crippen LogP contribution in [0, 0.1) is 0 Å². The molecule has 0 unspecified atom stereocenters. The van der Waals surface area contributed by atoms with Gasteiger partial charge >= 0.3 is 0 Å². The zero-order chi connectivity index (χ0) is 30.4. The SMILES string of the molecule is CCCCCCCCCCCc1ccc2c(ccc3c2ccc2c4ccc(CCCCCCCCCCC)cc4ccc23)c1. The molecule has 0 amide bonds. The molecule has 44 heavy (non-hydrogen) atoms. The Morgan fingerprint density at radius 3 is 0.977 bits per heavy atom. The standard InChI is InChI=1S/C44H58/c1-3-5-7-9-11-13-15-17-19-21-35-23-27-39-37(33-35)25-29-43-41(39)31-32-42-40-28-24-36(34-38(40)26-30-44(42)43)22-20-18-16-14-12-10-8-6-4-2/h23-34H,3-22H2,1-2H3. The smallest absolute Gasteiger partial charge is 0.00987 e. The van der Waals surface area contributed by atoms with Crippen molar-refractivity contribution in [3.63, 3.8) is 0 Å². The van der Waals surface area contributed by atoms with Crippen molar-refractivity contribution in [1.82, 2.24) is 0 Å². The normalized spacial score (nSPS) is 11.9. The molecule has 0 spiro atoms. The maximum absolute atomic E-state index is 2.44. The van der Waals surface area contributed by atoms with E-state index in [1.807, 2.05) is 0 Å². The number of hydrogen-bond donors (Lipinski definition) is 0. The molecule has 5 aromatic rings. The first-order valence-electron chi connectivity index (χ1n) is 18.6. The van der Waals surface area contributed by atoms with Crippen LogP contribution in [-0.2, 0) is 12.8 Å². The van der Waals surface area contributed by atoms with E-state index < -0.39 is 0 Å². The number of unbranched alkanes of at least 4 members (excludes halogenated alkanes) is 16. The second-order valence-corrected chi connectivity index (χ2v) is 13.7. The third-order valence-corrected chi connectivity index (χ3v) is 10.1. The minimum atomic E-state index is 1.20. The first-order chi connectivity index (χ1) is 21.8. The van der Waals surface area contributed by atoms with E-state index in [4.69, 9.17) is 0 Å². The summed E-state index contributed by atoms with van der Waals surface area (Å²) in [6.07, 6.45) is 27.4. The van der Waals surface area contributed by atoms with Crippen molar-refractivity contribution in [2.45, 2.75) is 142 Å². The molecular formula is C44H58. The van der Waals surface area contributed by atoms with Crippen molar-refractivity contribution in [1.29, 1.82) is 0 Å². The van der Waals surface area contributed by atoms with Crippen molar-refractivity contribution in [2.24, 2.45) is 0 Å². The minimum absolute atomic E-state index is 1.20. The summed E-state index contributed by atoms with van der Waals surface area (Å²) in [6, 6.07) is 28.6. The lowest BCUT2D eigenvalue weighted by Gasteiger charge is -2.12. The van der Waals surface area contributed by atoms with Gasteiger partial charge in [-0.3, -0.25) is 0 Å². The van der Waals surface area contributed by atoms with Gasteiger partial charge in [-0.25, -0.2) is 0 Å². The average molecular weight is 587 g/mol. The highest BCUT2D eigenvalue weighted by molar-refractivity contribution is 6.22. The molecule has 0 radical (unpaired) electrons. The van der Waals surface area contributed by atoms with Crippen LogP contribution in [0.3, 0.4) is 0 Å². The largest absolute Gasteiger partial charge is 0.0654 e. The highest BCUT2D eigenvalue weighted by Gasteiger charge is 2.09. The molecule has 0 atom stereocenters. The lowest BCUT2D eigenvalue weighted by Crippen LogP contribution is -1.89. The Bertz CT molecular complexity index is 1470. The highest BCUT2D eigenvalue weighted by atomic mass is 14.1. The van der Waals surface area contributed by atoms with Crippen molar-refractivity contribution in [3.05, 3.63) is 83.9 Å². The molecule has 0 aliphatic rings. The zero-order valence-electron chi connectivity index (χ0n) is 28.1. The molecular weight excluding hydrogens is 528 g/mol. The van der Waals surface area contributed by atoms with E-state index in [1.54, 1.807) is 0 Å². The summed E-state index contributed by atoms with van der Waals surface area (Å²) < 4.78 is 0. The Kier molecular flexibility index (Phi) is 13.0. The fourth-order valence-electron chi connectivity index (χ4n) is 7.39. The van der Waals surface area contributed by atoms with Gasteiger partial charge < -0.3 is 0 Å². The van der Waals surface area contributed by atoms with Gasteiger partial charge in [-0.05, 0) is 79.9 Å².